The van der Waals surface area contributed by atoms with Crippen molar-refractivity contribution in [1.29, 1.82) is 0 Å². The van der Waals surface area contributed by atoms with E-state index in [1.807, 2.05) is 12.1 Å². The quantitative estimate of drug-likeness (QED) is 0.451. The Morgan fingerprint density at radius 1 is 1.13 bits per heavy atom. The summed E-state index contributed by atoms with van der Waals surface area (Å²) in [4.78, 5) is 25.0. The van der Waals surface area contributed by atoms with Crippen molar-refractivity contribution >= 4 is 22.3 Å². The molecular formula is C25H24N2O4. The van der Waals surface area contributed by atoms with Crippen LogP contribution in [0.5, 0.6) is 5.75 Å². The summed E-state index contributed by atoms with van der Waals surface area (Å²) < 4.78 is 11.4. The van der Waals surface area contributed by atoms with E-state index in [0.717, 1.165) is 11.8 Å². The summed E-state index contributed by atoms with van der Waals surface area (Å²) in [5, 5.41) is 7.44. The average Bonchev–Trinajstić information content (AvgIpc) is 3.16. The molecule has 2 aliphatic heterocycles. The molecule has 3 aliphatic rings. The normalized spacial score (nSPS) is 24.4. The van der Waals surface area contributed by atoms with Gasteiger partial charge in [-0.05, 0) is 50.2 Å². The van der Waals surface area contributed by atoms with E-state index in [0.29, 0.717) is 41.0 Å². The smallest absolute Gasteiger partial charge is 0.336 e. The highest BCUT2D eigenvalue weighted by Gasteiger charge is 2.40. The van der Waals surface area contributed by atoms with Crippen LogP contribution >= 0.6 is 0 Å². The van der Waals surface area contributed by atoms with Crippen molar-refractivity contribution in [1.82, 2.24) is 10.6 Å². The van der Waals surface area contributed by atoms with E-state index in [2.05, 4.69) is 41.1 Å². The van der Waals surface area contributed by atoms with Crippen LogP contribution < -0.4 is 21.0 Å². The first-order chi connectivity index (χ1) is 14.9. The molecule has 6 nitrogen and oxygen atoms in total. The Morgan fingerprint density at radius 3 is 2.81 bits per heavy atom. The molecule has 0 bridgehead atoms. The maximum absolute atomic E-state index is 13.2. The highest BCUT2D eigenvalue weighted by molar-refractivity contribution is 6.28. The van der Waals surface area contributed by atoms with Crippen LogP contribution in [-0.2, 0) is 4.79 Å². The van der Waals surface area contributed by atoms with Crippen molar-refractivity contribution in [3.05, 3.63) is 82.5 Å². The summed E-state index contributed by atoms with van der Waals surface area (Å²) in [6, 6.07) is 7.04. The lowest BCUT2D eigenvalue weighted by Crippen LogP contribution is -2.42. The number of rotatable bonds is 4. The fraction of sp³-hybridized carbons (Fsp3) is 0.280. The largest absolute Gasteiger partial charge is 0.479 e. The molecule has 0 saturated carbocycles. The Hall–Kier alpha value is -3.54. The highest BCUT2D eigenvalue weighted by Crippen LogP contribution is 2.41. The molecule has 0 saturated heterocycles. The van der Waals surface area contributed by atoms with Crippen molar-refractivity contribution in [2.24, 2.45) is 5.92 Å². The van der Waals surface area contributed by atoms with E-state index < -0.39 is 11.2 Å². The molecule has 0 unspecified atom stereocenters. The Kier molecular flexibility index (Phi) is 4.58. The lowest BCUT2D eigenvalue weighted by molar-refractivity contribution is -0.126. The molecule has 5 rings (SSSR count). The minimum absolute atomic E-state index is 0.159. The number of ether oxygens (including phenoxy) is 1. The molecule has 2 N–H and O–H groups in total. The minimum atomic E-state index is -1.01. The standard InChI is InChI=1S/C25H24N2O4/c1-25(2)24(29)18(14-26-12-11-16-13-27-19-6-4-3-5-17(16)19)22-20(31-25)9-7-15-8-10-21(28)30-23(15)22/h3-10,13-14,17,19,26-27H,11-12H2,1-2H3/b18-14-/t17-,19+/m1/s1. The predicted octanol–water partition coefficient (Wildman–Crippen LogP) is 3.45. The van der Waals surface area contributed by atoms with Gasteiger partial charge in [0.1, 0.15) is 11.3 Å². The Bertz CT molecular complexity index is 1250. The van der Waals surface area contributed by atoms with Crippen molar-refractivity contribution in [3.8, 4) is 5.75 Å². The van der Waals surface area contributed by atoms with Gasteiger partial charge >= 0.3 is 5.63 Å². The highest BCUT2D eigenvalue weighted by atomic mass is 16.5. The first kappa shape index (κ1) is 19.4. The van der Waals surface area contributed by atoms with Gasteiger partial charge in [-0.15, -0.1) is 0 Å². The lowest BCUT2D eigenvalue weighted by Gasteiger charge is -2.32. The van der Waals surface area contributed by atoms with Gasteiger partial charge in [-0.1, -0.05) is 24.3 Å². The van der Waals surface area contributed by atoms with Gasteiger partial charge in [0.15, 0.2) is 5.60 Å². The van der Waals surface area contributed by atoms with E-state index in [1.165, 1.54) is 11.6 Å². The van der Waals surface area contributed by atoms with Crippen LogP contribution in [0.3, 0.4) is 0 Å². The Morgan fingerprint density at radius 2 is 1.94 bits per heavy atom. The van der Waals surface area contributed by atoms with Crippen molar-refractivity contribution in [2.75, 3.05) is 6.54 Å². The molecule has 0 radical (unpaired) electrons. The fourth-order valence-electron chi connectivity index (χ4n) is 4.40. The third kappa shape index (κ3) is 3.38. The van der Waals surface area contributed by atoms with Crippen molar-refractivity contribution < 1.29 is 13.9 Å². The molecular weight excluding hydrogens is 392 g/mol. The zero-order chi connectivity index (χ0) is 21.6. The number of ketones is 1. The fourth-order valence-corrected chi connectivity index (χ4v) is 4.40. The summed E-state index contributed by atoms with van der Waals surface area (Å²) in [5.41, 5.74) is 1.21. The van der Waals surface area contributed by atoms with Gasteiger partial charge in [0.2, 0.25) is 5.78 Å². The van der Waals surface area contributed by atoms with Crippen LogP contribution in [-0.4, -0.2) is 24.0 Å². The molecule has 3 heterocycles. The van der Waals surface area contributed by atoms with E-state index in [9.17, 15) is 9.59 Å². The third-order valence-electron chi connectivity index (χ3n) is 6.01. The minimum Gasteiger partial charge on any atom is -0.479 e. The number of allylic oxidation sites excluding steroid dienone is 2. The zero-order valence-corrected chi connectivity index (χ0v) is 17.5. The number of benzene rings is 1. The second kappa shape index (κ2) is 7.30. The Balaban J connectivity index is 1.43. The van der Waals surface area contributed by atoms with Crippen molar-refractivity contribution in [2.45, 2.75) is 31.9 Å². The summed E-state index contributed by atoms with van der Waals surface area (Å²) in [6.07, 6.45) is 13.2. The van der Waals surface area contributed by atoms with Crippen LogP contribution in [0, 0.1) is 5.92 Å². The zero-order valence-electron chi connectivity index (χ0n) is 17.5. The van der Waals surface area contributed by atoms with Gasteiger partial charge in [-0.25, -0.2) is 4.79 Å². The molecule has 0 spiro atoms. The monoisotopic (exact) mass is 416 g/mol. The van der Waals surface area contributed by atoms with Gasteiger partial charge in [0.05, 0.1) is 17.2 Å². The molecule has 31 heavy (non-hydrogen) atoms. The SMILES string of the molecule is CC1(C)Oc2ccc3ccc(=O)oc3c2/C(=C/NCCC2=CN[C@H]3C=CC=C[C@H]23)C1=O. The van der Waals surface area contributed by atoms with Gasteiger partial charge in [-0.2, -0.15) is 0 Å². The topological polar surface area (TPSA) is 80.6 Å². The lowest BCUT2D eigenvalue weighted by atomic mass is 9.87. The maximum atomic E-state index is 13.2. The van der Waals surface area contributed by atoms with E-state index >= 15 is 0 Å². The number of carbonyl (C=O) groups excluding carboxylic acids is 1. The van der Waals surface area contributed by atoms with Gasteiger partial charge in [0, 0.05) is 30.1 Å². The number of carbonyl (C=O) groups is 1. The van der Waals surface area contributed by atoms with Crippen molar-refractivity contribution in [3.63, 3.8) is 0 Å². The number of Topliss-reactive ketones (excluding diaryl/α,β-unsaturated/α-hetero) is 1. The first-order valence-corrected chi connectivity index (χ1v) is 10.5. The Labute approximate surface area is 180 Å². The molecule has 1 aliphatic carbocycles. The number of hydrogen-bond acceptors (Lipinski definition) is 6. The molecule has 0 amide bonds. The summed E-state index contributed by atoms with van der Waals surface area (Å²) in [5.74, 6) is 0.750. The third-order valence-corrected chi connectivity index (χ3v) is 6.01. The first-order valence-electron chi connectivity index (χ1n) is 10.5. The van der Waals surface area contributed by atoms with Gasteiger partial charge in [-0.3, -0.25) is 4.79 Å². The molecule has 158 valence electrons. The van der Waals surface area contributed by atoms with Crippen LogP contribution in [0.15, 0.2) is 75.8 Å². The number of nitrogens with one attached hydrogen (secondary N) is 2. The molecule has 2 atom stereocenters. The molecule has 1 aromatic carbocycles. The van der Waals surface area contributed by atoms with Gasteiger partial charge in [0.25, 0.3) is 0 Å². The van der Waals surface area contributed by atoms with E-state index in [1.54, 1.807) is 26.1 Å². The van der Waals surface area contributed by atoms with E-state index in [-0.39, 0.29) is 5.78 Å². The molecule has 2 aromatic rings. The van der Waals surface area contributed by atoms with Crippen LogP contribution in [0.2, 0.25) is 0 Å². The van der Waals surface area contributed by atoms with Gasteiger partial charge < -0.3 is 19.8 Å². The second-order valence-electron chi connectivity index (χ2n) is 8.52. The maximum Gasteiger partial charge on any atom is 0.336 e. The summed E-state index contributed by atoms with van der Waals surface area (Å²) in [7, 11) is 0. The van der Waals surface area contributed by atoms with Crippen LogP contribution in [0.4, 0.5) is 0 Å². The second-order valence-corrected chi connectivity index (χ2v) is 8.52. The molecule has 1 aromatic heterocycles. The summed E-state index contributed by atoms with van der Waals surface area (Å²) >= 11 is 0. The molecule has 0 fully saturated rings. The average molecular weight is 416 g/mol. The predicted molar refractivity (Wildman–Crippen MR) is 120 cm³/mol. The number of hydrogen-bond donors (Lipinski definition) is 2. The number of fused-ring (bicyclic) bond motifs is 4. The van der Waals surface area contributed by atoms with E-state index in [4.69, 9.17) is 9.15 Å². The van der Waals surface area contributed by atoms with Crippen LogP contribution in [0.1, 0.15) is 25.8 Å². The van der Waals surface area contributed by atoms with Crippen LogP contribution in [0.25, 0.3) is 16.5 Å². The summed E-state index contributed by atoms with van der Waals surface area (Å²) in [6.45, 7) is 4.17. The molecule has 6 heteroatoms.